The Morgan fingerprint density at radius 1 is 1.27 bits per heavy atom. The first kappa shape index (κ1) is 19.0. The number of carbonyl (C=O) groups excluding carboxylic acids is 1. The molecule has 0 spiro atoms. The van der Waals surface area contributed by atoms with E-state index in [1.165, 1.54) is 12.1 Å². The smallest absolute Gasteiger partial charge is 0.235 e. The van der Waals surface area contributed by atoms with Crippen molar-refractivity contribution >= 4 is 27.5 Å². The maximum Gasteiger partial charge on any atom is 0.235 e. The van der Waals surface area contributed by atoms with Crippen molar-refractivity contribution in [2.24, 2.45) is 5.92 Å². The predicted octanol–water partition coefficient (Wildman–Crippen LogP) is 2.49. The first-order chi connectivity index (χ1) is 10.3. The minimum Gasteiger partial charge on any atom is -0.355 e. The predicted molar refractivity (Wildman–Crippen MR) is 88.2 cm³/mol. The third-order valence-electron chi connectivity index (χ3n) is 2.66. The maximum atomic E-state index is 12.7. The normalized spacial score (nSPS) is 11.6. The monoisotopic (exact) mass is 347 g/mol. The Morgan fingerprint density at radius 2 is 1.91 bits per heavy atom. The van der Waals surface area contributed by atoms with Crippen LogP contribution in [-0.4, -0.2) is 38.1 Å². The average molecular weight is 347 g/mol. The van der Waals surface area contributed by atoms with Gasteiger partial charge in [0.1, 0.15) is 11.6 Å². The minimum absolute atomic E-state index is 0.0184. The molecule has 0 fully saturated rings. The van der Waals surface area contributed by atoms with E-state index in [9.17, 15) is 17.6 Å². The Hall–Kier alpha value is -1.08. The Bertz CT molecular complexity index is 571. The van der Waals surface area contributed by atoms with Gasteiger partial charge in [0, 0.05) is 11.4 Å². The molecule has 0 aromatic heterocycles. The molecule has 0 saturated carbocycles. The number of nitrogens with one attached hydrogen (secondary N) is 1. The molecule has 0 aliphatic carbocycles. The Kier molecular flexibility index (Phi) is 7.89. The molecule has 0 unspecified atom stereocenters. The van der Waals surface area contributed by atoms with Crippen molar-refractivity contribution in [1.29, 1.82) is 0 Å². The first-order valence-electron chi connectivity index (χ1n) is 7.14. The zero-order valence-corrected chi connectivity index (χ0v) is 14.5. The maximum absolute atomic E-state index is 12.7. The molecular formula is C15H22FNO3S2. The average Bonchev–Trinajstić information content (AvgIpc) is 2.38. The number of hydrogen-bond acceptors (Lipinski definition) is 4. The molecule has 0 saturated heterocycles. The van der Waals surface area contributed by atoms with Gasteiger partial charge in [-0.15, -0.1) is 11.8 Å². The SMILES string of the molecule is CC(C)CS(=O)(=O)CC(=O)NCCCSc1ccc(F)cc1. The molecule has 1 rings (SSSR count). The van der Waals surface area contributed by atoms with Crippen molar-refractivity contribution in [2.45, 2.75) is 25.2 Å². The van der Waals surface area contributed by atoms with E-state index >= 15 is 0 Å². The third-order valence-corrected chi connectivity index (χ3v) is 5.64. The van der Waals surface area contributed by atoms with Gasteiger partial charge in [-0.1, -0.05) is 13.8 Å². The lowest BCUT2D eigenvalue weighted by Crippen LogP contribution is -2.32. The van der Waals surface area contributed by atoms with Crippen LogP contribution in [0.15, 0.2) is 29.2 Å². The first-order valence-corrected chi connectivity index (χ1v) is 9.94. The van der Waals surface area contributed by atoms with Crippen LogP contribution in [0.4, 0.5) is 4.39 Å². The van der Waals surface area contributed by atoms with Crippen molar-refractivity contribution in [3.05, 3.63) is 30.1 Å². The van der Waals surface area contributed by atoms with Crippen molar-refractivity contribution in [3.63, 3.8) is 0 Å². The van der Waals surface area contributed by atoms with Gasteiger partial charge in [-0.25, -0.2) is 12.8 Å². The minimum atomic E-state index is -3.32. The van der Waals surface area contributed by atoms with Gasteiger partial charge < -0.3 is 5.32 Å². The molecule has 1 aromatic carbocycles. The summed E-state index contributed by atoms with van der Waals surface area (Å²) in [6.45, 7) is 4.05. The molecule has 1 amide bonds. The van der Waals surface area contributed by atoms with Gasteiger partial charge >= 0.3 is 0 Å². The second kappa shape index (κ2) is 9.15. The Morgan fingerprint density at radius 3 is 2.50 bits per heavy atom. The summed E-state index contributed by atoms with van der Waals surface area (Å²) in [5, 5.41) is 2.62. The van der Waals surface area contributed by atoms with Crippen LogP contribution in [0, 0.1) is 11.7 Å². The summed E-state index contributed by atoms with van der Waals surface area (Å²) >= 11 is 1.57. The van der Waals surface area contributed by atoms with Crippen molar-refractivity contribution in [2.75, 3.05) is 23.8 Å². The topological polar surface area (TPSA) is 63.2 Å². The van der Waals surface area contributed by atoms with Crippen LogP contribution in [0.1, 0.15) is 20.3 Å². The number of benzene rings is 1. The summed E-state index contributed by atoms with van der Waals surface area (Å²) < 4.78 is 36.0. The highest BCUT2D eigenvalue weighted by Gasteiger charge is 2.17. The summed E-state index contributed by atoms with van der Waals surface area (Å²) in [5.74, 6) is -0.349. The van der Waals surface area contributed by atoms with Gasteiger partial charge in [0.05, 0.1) is 5.75 Å². The highest BCUT2D eigenvalue weighted by molar-refractivity contribution is 7.99. The summed E-state index contributed by atoms with van der Waals surface area (Å²) in [5.41, 5.74) is 0. The fourth-order valence-electron chi connectivity index (χ4n) is 1.84. The molecule has 22 heavy (non-hydrogen) atoms. The van der Waals surface area contributed by atoms with Crippen molar-refractivity contribution < 1.29 is 17.6 Å². The van der Waals surface area contributed by atoms with E-state index in [0.29, 0.717) is 6.54 Å². The molecule has 124 valence electrons. The number of thioether (sulfide) groups is 1. The molecule has 0 radical (unpaired) electrons. The van der Waals surface area contributed by atoms with Gasteiger partial charge in [-0.3, -0.25) is 4.79 Å². The van der Waals surface area contributed by atoms with Crippen LogP contribution in [0.2, 0.25) is 0 Å². The molecule has 1 N–H and O–H groups in total. The molecule has 0 aliphatic rings. The second-order valence-corrected chi connectivity index (χ2v) is 8.73. The Balaban J connectivity index is 2.19. The van der Waals surface area contributed by atoms with Crippen molar-refractivity contribution in [1.82, 2.24) is 5.32 Å². The van der Waals surface area contributed by atoms with Crippen LogP contribution in [0.5, 0.6) is 0 Å². The number of hydrogen-bond donors (Lipinski definition) is 1. The van der Waals surface area contributed by atoms with Gasteiger partial charge in [0.25, 0.3) is 0 Å². The van der Waals surface area contributed by atoms with Gasteiger partial charge in [0.15, 0.2) is 9.84 Å². The zero-order valence-electron chi connectivity index (χ0n) is 12.8. The summed E-state index contributed by atoms with van der Waals surface area (Å²) in [7, 11) is -3.32. The fraction of sp³-hybridized carbons (Fsp3) is 0.533. The van der Waals surface area contributed by atoms with Gasteiger partial charge in [-0.05, 0) is 42.4 Å². The van der Waals surface area contributed by atoms with E-state index < -0.39 is 21.5 Å². The zero-order chi connectivity index (χ0) is 16.6. The van der Waals surface area contributed by atoms with Crippen LogP contribution in [-0.2, 0) is 14.6 Å². The lowest BCUT2D eigenvalue weighted by atomic mass is 10.3. The Labute approximate surface area is 135 Å². The quantitative estimate of drug-likeness (QED) is 0.551. The van der Waals surface area contributed by atoms with E-state index in [0.717, 1.165) is 17.1 Å². The van der Waals surface area contributed by atoms with Crippen LogP contribution >= 0.6 is 11.8 Å². The third kappa shape index (κ3) is 8.38. The highest BCUT2D eigenvalue weighted by atomic mass is 32.2. The molecule has 1 aromatic rings. The largest absolute Gasteiger partial charge is 0.355 e. The lowest BCUT2D eigenvalue weighted by Gasteiger charge is -2.08. The number of amides is 1. The number of sulfone groups is 1. The number of halogens is 1. The summed E-state index contributed by atoms with van der Waals surface area (Å²) in [4.78, 5) is 12.5. The fourth-order valence-corrected chi connectivity index (χ4v) is 4.33. The molecule has 0 bridgehead atoms. The van der Waals surface area contributed by atoms with E-state index in [2.05, 4.69) is 5.32 Å². The van der Waals surface area contributed by atoms with E-state index in [4.69, 9.17) is 0 Å². The molecule has 4 nitrogen and oxygen atoms in total. The summed E-state index contributed by atoms with van der Waals surface area (Å²) in [6.07, 6.45) is 0.720. The van der Waals surface area contributed by atoms with E-state index in [1.54, 1.807) is 23.9 Å². The number of rotatable bonds is 9. The lowest BCUT2D eigenvalue weighted by molar-refractivity contribution is -0.118. The molecule has 0 aliphatic heterocycles. The van der Waals surface area contributed by atoms with Crippen LogP contribution < -0.4 is 5.32 Å². The number of carbonyl (C=O) groups is 1. The van der Waals surface area contributed by atoms with Crippen LogP contribution in [0.25, 0.3) is 0 Å². The molecular weight excluding hydrogens is 325 g/mol. The van der Waals surface area contributed by atoms with Crippen LogP contribution in [0.3, 0.4) is 0 Å². The van der Waals surface area contributed by atoms with Gasteiger partial charge in [-0.2, -0.15) is 0 Å². The molecule has 7 heteroatoms. The standard InChI is InChI=1S/C15H22FNO3S2/c1-12(2)10-22(19,20)11-15(18)17-8-3-9-21-14-6-4-13(16)5-7-14/h4-7,12H,3,8-11H2,1-2H3,(H,17,18). The van der Waals surface area contributed by atoms with E-state index in [1.807, 2.05) is 13.8 Å². The van der Waals surface area contributed by atoms with Gasteiger partial charge in [0.2, 0.25) is 5.91 Å². The van der Waals surface area contributed by atoms with E-state index in [-0.39, 0.29) is 17.5 Å². The highest BCUT2D eigenvalue weighted by Crippen LogP contribution is 2.18. The van der Waals surface area contributed by atoms with Crippen molar-refractivity contribution in [3.8, 4) is 0 Å². The second-order valence-electron chi connectivity index (χ2n) is 5.45. The summed E-state index contributed by atoms with van der Waals surface area (Å²) in [6, 6.07) is 6.22. The molecule has 0 heterocycles. The molecule has 0 atom stereocenters.